The molecule has 2 N–H and O–H groups in total. The Morgan fingerprint density at radius 1 is 1.31 bits per heavy atom. The number of aromatic nitrogens is 5. The number of nitrogens with one attached hydrogen (secondary N) is 2. The van der Waals surface area contributed by atoms with Crippen LogP contribution in [0.4, 0.5) is 10.6 Å². The van der Waals surface area contributed by atoms with Crippen LogP contribution in [0.3, 0.4) is 0 Å². The maximum Gasteiger partial charge on any atom is 0.320 e. The van der Waals surface area contributed by atoms with Gasteiger partial charge in [0.15, 0.2) is 11.6 Å². The van der Waals surface area contributed by atoms with Crippen LogP contribution in [0, 0.1) is 25.2 Å². The van der Waals surface area contributed by atoms with E-state index in [1.165, 1.54) is 10.9 Å². The summed E-state index contributed by atoms with van der Waals surface area (Å²) < 4.78 is 3.24. The van der Waals surface area contributed by atoms with Gasteiger partial charge in [-0.25, -0.2) is 14.5 Å². The zero-order valence-corrected chi connectivity index (χ0v) is 14.7. The monoisotopic (exact) mass is 350 g/mol. The number of hydrogen-bond acceptors (Lipinski definition) is 5. The summed E-state index contributed by atoms with van der Waals surface area (Å²) in [6, 6.07) is 7.24. The molecular formula is C17H18N8O. The summed E-state index contributed by atoms with van der Waals surface area (Å²) in [6.45, 7) is 4.19. The number of amides is 2. The lowest BCUT2D eigenvalue weighted by Crippen LogP contribution is -2.28. The second-order valence-electron chi connectivity index (χ2n) is 5.85. The molecule has 0 bridgehead atoms. The van der Waals surface area contributed by atoms with Crippen molar-refractivity contribution in [3.63, 3.8) is 0 Å². The first kappa shape index (κ1) is 17.2. The molecule has 0 spiro atoms. The van der Waals surface area contributed by atoms with Crippen molar-refractivity contribution in [2.45, 2.75) is 20.4 Å². The van der Waals surface area contributed by atoms with Crippen molar-refractivity contribution in [2.75, 3.05) is 5.32 Å². The predicted molar refractivity (Wildman–Crippen MR) is 94.6 cm³/mol. The van der Waals surface area contributed by atoms with Crippen molar-refractivity contribution in [1.82, 2.24) is 29.9 Å². The highest BCUT2D eigenvalue weighted by Crippen LogP contribution is 2.11. The van der Waals surface area contributed by atoms with Gasteiger partial charge in [0.1, 0.15) is 11.6 Å². The van der Waals surface area contributed by atoms with Gasteiger partial charge < -0.3 is 5.32 Å². The number of hydrogen-bond donors (Lipinski definition) is 2. The summed E-state index contributed by atoms with van der Waals surface area (Å²) in [4.78, 5) is 16.4. The Bertz CT molecular complexity index is 977. The van der Waals surface area contributed by atoms with Crippen LogP contribution >= 0.6 is 0 Å². The average Bonchev–Trinajstić information content (AvgIpc) is 3.14. The number of rotatable bonds is 4. The highest BCUT2D eigenvalue weighted by Gasteiger charge is 2.11. The van der Waals surface area contributed by atoms with E-state index < -0.39 is 6.03 Å². The minimum Gasteiger partial charge on any atom is -0.334 e. The van der Waals surface area contributed by atoms with Gasteiger partial charge in [-0.05, 0) is 31.5 Å². The first-order valence-electron chi connectivity index (χ1n) is 7.93. The van der Waals surface area contributed by atoms with Crippen molar-refractivity contribution >= 4 is 11.8 Å². The molecule has 0 radical (unpaired) electrons. The number of anilines is 1. The number of urea groups is 1. The smallest absolute Gasteiger partial charge is 0.320 e. The molecule has 3 heterocycles. The summed E-state index contributed by atoms with van der Waals surface area (Å²) in [7, 11) is 1.68. The minimum atomic E-state index is -0.442. The van der Waals surface area contributed by atoms with Crippen LogP contribution in [0.5, 0.6) is 0 Å². The van der Waals surface area contributed by atoms with Gasteiger partial charge in [-0.15, -0.1) is 0 Å². The highest BCUT2D eigenvalue weighted by molar-refractivity contribution is 5.89. The van der Waals surface area contributed by atoms with E-state index in [4.69, 9.17) is 5.26 Å². The van der Waals surface area contributed by atoms with E-state index in [1.807, 2.05) is 38.1 Å². The molecule has 0 aliphatic heterocycles. The molecule has 3 aromatic heterocycles. The fourth-order valence-corrected chi connectivity index (χ4v) is 2.50. The third-order valence-electron chi connectivity index (χ3n) is 3.67. The van der Waals surface area contributed by atoms with Gasteiger partial charge in [0, 0.05) is 31.7 Å². The molecule has 0 aliphatic rings. The normalized spacial score (nSPS) is 10.4. The van der Waals surface area contributed by atoms with Crippen LogP contribution < -0.4 is 10.6 Å². The van der Waals surface area contributed by atoms with E-state index >= 15 is 0 Å². The molecule has 2 amide bonds. The fraction of sp³-hybridized carbons (Fsp3) is 0.235. The molecule has 0 saturated carbocycles. The van der Waals surface area contributed by atoms with Crippen molar-refractivity contribution in [3.8, 4) is 11.9 Å². The topological polar surface area (TPSA) is 113 Å². The van der Waals surface area contributed by atoms with Crippen LogP contribution in [0.2, 0.25) is 0 Å². The van der Waals surface area contributed by atoms with E-state index in [0.29, 0.717) is 12.1 Å². The SMILES string of the molecule is Cc1cc(C)n(-c2ccc(CNC(=O)Nc3nn(C)cc3C#N)cn2)n1. The summed E-state index contributed by atoms with van der Waals surface area (Å²) >= 11 is 0. The Kier molecular flexibility index (Phi) is 4.66. The molecule has 0 atom stereocenters. The summed E-state index contributed by atoms with van der Waals surface area (Å²) in [6.07, 6.45) is 3.23. The molecule has 0 saturated heterocycles. The summed E-state index contributed by atoms with van der Waals surface area (Å²) in [5.41, 5.74) is 3.08. The average molecular weight is 350 g/mol. The zero-order chi connectivity index (χ0) is 18.7. The Labute approximate surface area is 150 Å². The first-order valence-corrected chi connectivity index (χ1v) is 7.93. The molecule has 9 heteroatoms. The van der Waals surface area contributed by atoms with Crippen LogP contribution in [0.25, 0.3) is 5.82 Å². The van der Waals surface area contributed by atoms with Gasteiger partial charge >= 0.3 is 6.03 Å². The molecule has 0 aliphatic carbocycles. The van der Waals surface area contributed by atoms with Gasteiger partial charge in [0.25, 0.3) is 0 Å². The van der Waals surface area contributed by atoms with E-state index in [1.54, 1.807) is 17.9 Å². The van der Waals surface area contributed by atoms with Crippen molar-refractivity contribution in [1.29, 1.82) is 5.26 Å². The molecule has 26 heavy (non-hydrogen) atoms. The highest BCUT2D eigenvalue weighted by atomic mass is 16.2. The number of carbonyl (C=O) groups excluding carboxylic acids is 1. The molecule has 9 nitrogen and oxygen atoms in total. The van der Waals surface area contributed by atoms with Crippen molar-refractivity contribution < 1.29 is 4.79 Å². The van der Waals surface area contributed by atoms with E-state index in [2.05, 4.69) is 25.8 Å². The molecule has 3 aromatic rings. The fourth-order valence-electron chi connectivity index (χ4n) is 2.50. The van der Waals surface area contributed by atoms with Gasteiger partial charge in [0.2, 0.25) is 0 Å². The van der Waals surface area contributed by atoms with Gasteiger partial charge in [-0.1, -0.05) is 6.07 Å². The lowest BCUT2D eigenvalue weighted by molar-refractivity contribution is 0.251. The maximum absolute atomic E-state index is 12.0. The standard InChI is InChI=1S/C17H18N8O/c1-11-6-12(2)25(22-11)15-5-4-13(8-19-15)9-20-17(26)21-16-14(7-18)10-24(3)23-16/h4-6,8,10H,9H2,1-3H3,(H2,20,21,23,26). The van der Waals surface area contributed by atoms with Crippen LogP contribution in [0.15, 0.2) is 30.6 Å². The summed E-state index contributed by atoms with van der Waals surface area (Å²) in [5.74, 6) is 0.946. The Balaban J connectivity index is 1.60. The second-order valence-corrected chi connectivity index (χ2v) is 5.85. The lowest BCUT2D eigenvalue weighted by atomic mass is 10.3. The van der Waals surface area contributed by atoms with Crippen LogP contribution in [0.1, 0.15) is 22.5 Å². The molecule has 0 aromatic carbocycles. The molecule has 3 rings (SSSR count). The Morgan fingerprint density at radius 2 is 2.12 bits per heavy atom. The first-order chi connectivity index (χ1) is 12.5. The van der Waals surface area contributed by atoms with E-state index in [-0.39, 0.29) is 5.82 Å². The molecular weight excluding hydrogens is 332 g/mol. The third kappa shape index (κ3) is 3.70. The summed E-state index contributed by atoms with van der Waals surface area (Å²) in [5, 5.41) is 22.7. The number of aryl methyl sites for hydroxylation is 3. The molecule has 132 valence electrons. The third-order valence-corrected chi connectivity index (χ3v) is 3.67. The molecule has 0 unspecified atom stereocenters. The maximum atomic E-state index is 12.0. The Hall–Kier alpha value is -3.67. The van der Waals surface area contributed by atoms with Gasteiger partial charge in [-0.2, -0.15) is 15.5 Å². The Morgan fingerprint density at radius 3 is 2.73 bits per heavy atom. The zero-order valence-electron chi connectivity index (χ0n) is 14.7. The predicted octanol–water partition coefficient (Wildman–Crippen LogP) is 1.81. The number of pyridine rings is 1. The van der Waals surface area contributed by atoms with Gasteiger partial charge in [-0.3, -0.25) is 10.00 Å². The van der Waals surface area contributed by atoms with Crippen LogP contribution in [-0.2, 0) is 13.6 Å². The van der Waals surface area contributed by atoms with Crippen molar-refractivity contribution in [2.24, 2.45) is 7.05 Å². The largest absolute Gasteiger partial charge is 0.334 e. The van der Waals surface area contributed by atoms with Gasteiger partial charge in [0.05, 0.1) is 5.69 Å². The number of carbonyl (C=O) groups is 1. The number of nitrogens with zero attached hydrogens (tertiary/aromatic N) is 6. The number of nitriles is 1. The van der Waals surface area contributed by atoms with Crippen LogP contribution in [-0.4, -0.2) is 30.6 Å². The van der Waals surface area contributed by atoms with E-state index in [0.717, 1.165) is 22.8 Å². The quantitative estimate of drug-likeness (QED) is 0.745. The second kappa shape index (κ2) is 7.06. The van der Waals surface area contributed by atoms with Crippen molar-refractivity contribution in [3.05, 3.63) is 53.1 Å². The minimum absolute atomic E-state index is 0.227. The lowest BCUT2D eigenvalue weighted by Gasteiger charge is -2.07. The molecule has 0 fully saturated rings. The van der Waals surface area contributed by atoms with E-state index in [9.17, 15) is 4.79 Å².